The summed E-state index contributed by atoms with van der Waals surface area (Å²) in [5.74, 6) is 1.01. The van der Waals surface area contributed by atoms with E-state index in [1.54, 1.807) is 29.2 Å². The summed E-state index contributed by atoms with van der Waals surface area (Å²) in [6, 6.07) is 8.10. The fourth-order valence-corrected chi connectivity index (χ4v) is 3.45. The van der Waals surface area contributed by atoms with E-state index in [2.05, 4.69) is 10.5 Å². The number of likely N-dealkylation sites (N-methyl/N-ethyl adjacent to an activating group) is 1. The Morgan fingerprint density at radius 1 is 1.15 bits per heavy atom. The molecular formula is C24H31N3O6. The molecule has 0 radical (unpaired) electrons. The van der Waals surface area contributed by atoms with Crippen molar-refractivity contribution < 1.29 is 29.3 Å². The van der Waals surface area contributed by atoms with Gasteiger partial charge in [-0.1, -0.05) is 20.8 Å². The van der Waals surface area contributed by atoms with Crippen molar-refractivity contribution in [1.29, 1.82) is 0 Å². The number of hydrogen-bond acceptors (Lipinski definition) is 7. The van der Waals surface area contributed by atoms with Crippen LogP contribution >= 0.6 is 0 Å². The number of phenolic OH excluding ortho intramolecular Hbond substituents is 2. The minimum atomic E-state index is -0.204. The fourth-order valence-electron chi connectivity index (χ4n) is 3.45. The third kappa shape index (κ3) is 5.87. The maximum atomic E-state index is 12.4. The molecule has 1 amide bonds. The molecule has 178 valence electrons. The second-order valence-corrected chi connectivity index (χ2v) is 7.94. The second kappa shape index (κ2) is 10.9. The molecule has 3 rings (SSSR count). The monoisotopic (exact) mass is 457 g/mol. The van der Waals surface area contributed by atoms with Crippen LogP contribution in [0.4, 0.5) is 5.69 Å². The average molecular weight is 458 g/mol. The smallest absolute Gasteiger partial charge is 0.251 e. The van der Waals surface area contributed by atoms with Gasteiger partial charge in [0.25, 0.3) is 5.91 Å². The van der Waals surface area contributed by atoms with Gasteiger partial charge in [0.1, 0.15) is 11.5 Å². The Labute approximate surface area is 193 Å². The molecule has 2 aromatic carbocycles. The highest BCUT2D eigenvalue weighted by Gasteiger charge is 2.19. The Hall–Kier alpha value is -3.46. The Kier molecular flexibility index (Phi) is 8.00. The largest absolute Gasteiger partial charge is 0.508 e. The van der Waals surface area contributed by atoms with Gasteiger partial charge in [0, 0.05) is 25.2 Å². The number of aromatic hydroxyl groups is 2. The molecule has 0 spiro atoms. The normalized spacial score (nSPS) is 12.8. The van der Waals surface area contributed by atoms with E-state index in [1.807, 2.05) is 27.7 Å². The number of amidine groups is 1. The number of fused-ring (bicyclic) bond motifs is 1. The number of carbonyl (C=O) groups is 1. The molecule has 0 unspecified atom stereocenters. The molecule has 0 bridgehead atoms. The van der Waals surface area contributed by atoms with Gasteiger partial charge >= 0.3 is 0 Å². The molecule has 1 heterocycles. The molecule has 0 fully saturated rings. The molecule has 9 heteroatoms. The minimum absolute atomic E-state index is 0.00537. The molecule has 9 nitrogen and oxygen atoms in total. The first kappa shape index (κ1) is 24.2. The summed E-state index contributed by atoms with van der Waals surface area (Å²) < 4.78 is 10.8. The Balaban J connectivity index is 1.90. The molecule has 1 aliphatic rings. The van der Waals surface area contributed by atoms with Gasteiger partial charge in [-0.2, -0.15) is 0 Å². The molecule has 0 atom stereocenters. The van der Waals surface area contributed by atoms with Crippen molar-refractivity contribution in [3.05, 3.63) is 41.5 Å². The number of benzene rings is 2. The molecule has 2 aromatic rings. The summed E-state index contributed by atoms with van der Waals surface area (Å²) in [5, 5.41) is 20.8. The first-order valence-electron chi connectivity index (χ1n) is 11.0. The van der Waals surface area contributed by atoms with Gasteiger partial charge in [-0.05, 0) is 43.0 Å². The van der Waals surface area contributed by atoms with E-state index in [0.717, 1.165) is 6.42 Å². The zero-order valence-corrected chi connectivity index (χ0v) is 19.4. The van der Waals surface area contributed by atoms with Gasteiger partial charge in [-0.25, -0.2) is 10.5 Å². The molecule has 0 aliphatic carbocycles. The number of hydrogen-bond donors (Lipinski definition) is 3. The topological polar surface area (TPSA) is 113 Å². The second-order valence-electron chi connectivity index (χ2n) is 7.94. The summed E-state index contributed by atoms with van der Waals surface area (Å²) in [6.07, 6.45) is 0.850. The number of ether oxygens (including phenoxy) is 2. The van der Waals surface area contributed by atoms with Crippen LogP contribution in [0.3, 0.4) is 0 Å². The Morgan fingerprint density at radius 2 is 1.91 bits per heavy atom. The van der Waals surface area contributed by atoms with Crippen LogP contribution in [0.2, 0.25) is 0 Å². The summed E-state index contributed by atoms with van der Waals surface area (Å²) in [6.45, 7) is 8.95. The maximum absolute atomic E-state index is 12.4. The maximum Gasteiger partial charge on any atom is 0.251 e. The van der Waals surface area contributed by atoms with E-state index >= 15 is 0 Å². The van der Waals surface area contributed by atoms with Crippen LogP contribution in [-0.4, -0.2) is 53.3 Å². The first-order chi connectivity index (χ1) is 15.8. The zero-order valence-electron chi connectivity index (χ0n) is 19.4. The predicted molar refractivity (Wildman–Crippen MR) is 124 cm³/mol. The average Bonchev–Trinajstić information content (AvgIpc) is 3.24. The van der Waals surface area contributed by atoms with E-state index in [-0.39, 0.29) is 42.6 Å². The summed E-state index contributed by atoms with van der Waals surface area (Å²) in [5.41, 5.74) is 4.20. The van der Waals surface area contributed by atoms with Crippen LogP contribution in [0, 0.1) is 0 Å². The van der Waals surface area contributed by atoms with Crippen LogP contribution < -0.4 is 15.0 Å². The van der Waals surface area contributed by atoms with Gasteiger partial charge < -0.3 is 24.6 Å². The highest BCUT2D eigenvalue weighted by molar-refractivity contribution is 6.02. The minimum Gasteiger partial charge on any atom is -0.508 e. The van der Waals surface area contributed by atoms with E-state index in [0.29, 0.717) is 41.4 Å². The van der Waals surface area contributed by atoms with E-state index in [1.165, 1.54) is 6.07 Å². The number of aliphatic imine (C=N–C) groups is 1. The predicted octanol–water partition coefficient (Wildman–Crippen LogP) is 3.81. The van der Waals surface area contributed by atoms with E-state index in [4.69, 9.17) is 14.3 Å². The highest BCUT2D eigenvalue weighted by atomic mass is 16.7. The van der Waals surface area contributed by atoms with Crippen molar-refractivity contribution in [3.8, 4) is 23.0 Å². The lowest BCUT2D eigenvalue weighted by Gasteiger charge is -2.20. The first-order valence-corrected chi connectivity index (χ1v) is 11.0. The van der Waals surface area contributed by atoms with Crippen LogP contribution in [0.15, 0.2) is 35.3 Å². The van der Waals surface area contributed by atoms with Crippen molar-refractivity contribution in [3.63, 3.8) is 0 Å². The summed E-state index contributed by atoms with van der Waals surface area (Å²) in [7, 11) is 0. The number of rotatable bonds is 9. The van der Waals surface area contributed by atoms with Crippen molar-refractivity contribution in [2.24, 2.45) is 4.99 Å². The quantitative estimate of drug-likeness (QED) is 0.298. The van der Waals surface area contributed by atoms with Crippen LogP contribution in [0.1, 0.15) is 51.2 Å². The van der Waals surface area contributed by atoms with Crippen molar-refractivity contribution in [2.75, 3.05) is 26.5 Å². The van der Waals surface area contributed by atoms with Gasteiger partial charge in [-0.3, -0.25) is 9.63 Å². The van der Waals surface area contributed by atoms with Crippen molar-refractivity contribution in [1.82, 2.24) is 10.4 Å². The number of nitrogens with zero attached hydrogens (tertiary/aromatic N) is 2. The van der Waals surface area contributed by atoms with Crippen LogP contribution in [-0.2, 0) is 9.63 Å². The van der Waals surface area contributed by atoms with Gasteiger partial charge in [0.15, 0.2) is 23.9 Å². The van der Waals surface area contributed by atoms with Crippen LogP contribution in [0.25, 0.3) is 0 Å². The lowest BCUT2D eigenvalue weighted by atomic mass is 9.98. The lowest BCUT2D eigenvalue weighted by Crippen LogP contribution is -2.37. The lowest BCUT2D eigenvalue weighted by molar-refractivity contribution is -0.137. The van der Waals surface area contributed by atoms with Crippen molar-refractivity contribution >= 4 is 17.4 Å². The molecular weight excluding hydrogens is 426 g/mol. The number of phenols is 2. The standard InChI is InChI=1S/C24H31N3O6/c1-5-9-27(6-2)23(30)13-33-26-24(18-11-17(15(3)4)19(28)12-20(18)29)25-16-7-8-21-22(10-16)32-14-31-21/h7-8,10-12,15,28-29H,5-6,9,13-14H2,1-4H3,(H,25,26). The van der Waals surface area contributed by atoms with Gasteiger partial charge in [0.2, 0.25) is 6.79 Å². The molecule has 33 heavy (non-hydrogen) atoms. The number of amides is 1. The number of carbonyl (C=O) groups excluding carboxylic acids is 1. The summed E-state index contributed by atoms with van der Waals surface area (Å²) >= 11 is 0. The molecule has 0 aromatic heterocycles. The molecule has 3 N–H and O–H groups in total. The molecule has 0 saturated carbocycles. The highest BCUT2D eigenvalue weighted by Crippen LogP contribution is 2.36. The fraction of sp³-hybridized carbons (Fsp3) is 0.417. The molecule has 0 saturated heterocycles. The molecule has 1 aliphatic heterocycles. The Morgan fingerprint density at radius 3 is 2.61 bits per heavy atom. The summed E-state index contributed by atoms with van der Waals surface area (Å²) in [4.78, 5) is 24.2. The third-order valence-electron chi connectivity index (χ3n) is 5.21. The third-order valence-corrected chi connectivity index (χ3v) is 5.21. The Bertz CT molecular complexity index is 1020. The van der Waals surface area contributed by atoms with Crippen LogP contribution in [0.5, 0.6) is 23.0 Å². The van der Waals surface area contributed by atoms with Crippen molar-refractivity contribution in [2.45, 2.75) is 40.0 Å². The van der Waals surface area contributed by atoms with E-state index in [9.17, 15) is 15.0 Å². The number of hydroxylamine groups is 1. The van der Waals surface area contributed by atoms with Gasteiger partial charge in [-0.15, -0.1) is 0 Å². The SMILES string of the molecule is CCCN(CC)C(=O)CONC(=Nc1ccc2c(c1)OCO2)c1cc(C(C)C)c(O)cc1O. The number of nitrogens with one attached hydrogen (secondary N) is 1. The zero-order chi connectivity index (χ0) is 24.0. The van der Waals surface area contributed by atoms with Gasteiger partial charge in [0.05, 0.1) is 11.3 Å². The van der Waals surface area contributed by atoms with E-state index < -0.39 is 0 Å².